The van der Waals surface area contributed by atoms with Crippen LogP contribution in [0, 0.1) is 6.92 Å². The van der Waals surface area contributed by atoms with E-state index in [0.717, 1.165) is 116 Å². The molecule has 72 heavy (non-hydrogen) atoms. The number of benzene rings is 10. The molecule has 338 valence electrons. The molecule has 0 amide bonds. The molecule has 13 rings (SSSR count). The molecule has 13 aromatic rings. The van der Waals surface area contributed by atoms with Crippen molar-refractivity contribution in [3.8, 4) is 73.5 Å². The Morgan fingerprint density at radius 3 is 1.31 bits per heavy atom. The van der Waals surface area contributed by atoms with E-state index in [0.29, 0.717) is 11.6 Å². The third kappa shape index (κ3) is 7.43. The van der Waals surface area contributed by atoms with E-state index in [2.05, 4.69) is 249 Å². The zero-order chi connectivity index (χ0) is 48.1. The summed E-state index contributed by atoms with van der Waals surface area (Å²) in [6.45, 7) is 6.10. The van der Waals surface area contributed by atoms with Gasteiger partial charge >= 0.3 is 0 Å². The Morgan fingerprint density at radius 2 is 0.778 bits per heavy atom. The van der Waals surface area contributed by atoms with Crippen molar-refractivity contribution in [2.45, 2.75) is 6.92 Å². The van der Waals surface area contributed by atoms with Crippen molar-refractivity contribution < 1.29 is 0 Å². The van der Waals surface area contributed by atoms with Crippen LogP contribution in [0.15, 0.2) is 243 Å². The number of hydrogen-bond donors (Lipinski definition) is 0. The molecule has 0 unspecified atom stereocenters. The summed E-state index contributed by atoms with van der Waals surface area (Å²) in [6, 6.07) is 79.4. The van der Waals surface area contributed by atoms with Gasteiger partial charge in [0.15, 0.2) is 11.6 Å². The molecule has 10 aromatic carbocycles. The van der Waals surface area contributed by atoms with Crippen molar-refractivity contribution >= 4 is 60.2 Å². The molecule has 0 saturated carbocycles. The van der Waals surface area contributed by atoms with Crippen LogP contribution in [-0.2, 0) is 0 Å². The van der Waals surface area contributed by atoms with E-state index in [4.69, 9.17) is 19.9 Å². The number of aromatic nitrogens is 5. The molecule has 0 aliphatic carbocycles. The summed E-state index contributed by atoms with van der Waals surface area (Å²) in [6.07, 6.45) is 5.88. The monoisotopic (exact) mass is 919 g/mol. The fourth-order valence-corrected chi connectivity index (χ4v) is 10.5. The first-order valence-electron chi connectivity index (χ1n) is 24.3. The van der Waals surface area contributed by atoms with Gasteiger partial charge in [-0.1, -0.05) is 207 Å². The zero-order valence-electron chi connectivity index (χ0n) is 39.5. The molecule has 3 aromatic heterocycles. The first-order valence-corrected chi connectivity index (χ1v) is 24.3. The third-order valence-corrected chi connectivity index (χ3v) is 14.0. The van der Waals surface area contributed by atoms with E-state index in [1.54, 1.807) is 0 Å². The summed E-state index contributed by atoms with van der Waals surface area (Å²) in [5.41, 5.74) is 14.5. The van der Waals surface area contributed by atoms with Crippen LogP contribution in [0.2, 0.25) is 0 Å². The highest BCUT2D eigenvalue weighted by atomic mass is 15.0. The molecule has 0 N–H and O–H groups in total. The number of nitrogens with zero attached hydrogens (tertiary/aromatic N) is 5. The van der Waals surface area contributed by atoms with Gasteiger partial charge in [-0.15, -0.1) is 0 Å². The quantitative estimate of drug-likeness (QED) is 0.135. The molecule has 0 aliphatic rings. The number of allylic oxidation sites excluding steroid dienone is 2. The van der Waals surface area contributed by atoms with Gasteiger partial charge in [-0.05, 0) is 92.8 Å². The Bertz CT molecular complexity index is 4160. The van der Waals surface area contributed by atoms with Crippen LogP contribution in [0.5, 0.6) is 0 Å². The topological polar surface area (TPSA) is 56.5 Å². The van der Waals surface area contributed by atoms with E-state index >= 15 is 0 Å². The van der Waals surface area contributed by atoms with Gasteiger partial charge in [-0.3, -0.25) is 0 Å². The highest BCUT2D eigenvalue weighted by Crippen LogP contribution is 2.40. The molecule has 0 aliphatic heterocycles. The first kappa shape index (κ1) is 42.5. The smallest absolute Gasteiger partial charge is 0.161 e. The standard InChI is InChI=1S/C67H45N5/c1-3-4-19-44-23-15-32-51(43(44)2)62-41-60(68-66(70-62)58-34-17-25-46-21-6-9-28-53(46)58)48-38-49(40-50(39-48)72-64-36-13-11-30-56(64)57-31-12-14-37-65(57)72)61-42-63(55-33-16-24-45-20-5-8-27-52(45)55)71-67(69-61)59-35-18-26-47-22-7-10-29-54(47)59/h3-42H,1H2,2H3/b19-4-. The Kier molecular flexibility index (Phi) is 10.5. The van der Waals surface area contributed by atoms with Crippen molar-refractivity contribution in [3.05, 3.63) is 254 Å². The molecule has 0 fully saturated rings. The van der Waals surface area contributed by atoms with Crippen LogP contribution < -0.4 is 0 Å². The normalized spacial score (nSPS) is 11.7. The van der Waals surface area contributed by atoms with Gasteiger partial charge < -0.3 is 4.57 Å². The molecule has 0 bridgehead atoms. The fraction of sp³-hybridized carbons (Fsp3) is 0.0149. The minimum Gasteiger partial charge on any atom is -0.309 e. The summed E-state index contributed by atoms with van der Waals surface area (Å²) in [4.78, 5) is 22.0. The average molecular weight is 920 g/mol. The molecule has 0 saturated heterocycles. The minimum absolute atomic E-state index is 0.646. The second-order valence-corrected chi connectivity index (χ2v) is 18.3. The fourth-order valence-electron chi connectivity index (χ4n) is 10.5. The Morgan fingerprint density at radius 1 is 0.375 bits per heavy atom. The molecular weight excluding hydrogens is 875 g/mol. The number of para-hydroxylation sites is 2. The average Bonchev–Trinajstić information content (AvgIpc) is 3.78. The molecule has 0 spiro atoms. The van der Waals surface area contributed by atoms with E-state index in [-0.39, 0.29) is 0 Å². The van der Waals surface area contributed by atoms with Crippen molar-refractivity contribution in [2.75, 3.05) is 0 Å². The van der Waals surface area contributed by atoms with Gasteiger partial charge in [0.2, 0.25) is 0 Å². The Labute approximate surface area is 417 Å². The molecule has 3 heterocycles. The first-order chi connectivity index (χ1) is 35.6. The second kappa shape index (κ2) is 17.7. The predicted molar refractivity (Wildman–Crippen MR) is 301 cm³/mol. The maximum atomic E-state index is 5.56. The van der Waals surface area contributed by atoms with Crippen molar-refractivity contribution in [2.24, 2.45) is 0 Å². The summed E-state index contributed by atoms with van der Waals surface area (Å²) >= 11 is 0. The molecular formula is C67H45N5. The lowest BCUT2D eigenvalue weighted by Crippen LogP contribution is -2.01. The number of fused-ring (bicyclic) bond motifs is 6. The van der Waals surface area contributed by atoms with Gasteiger partial charge in [-0.2, -0.15) is 0 Å². The van der Waals surface area contributed by atoms with E-state index in [9.17, 15) is 0 Å². The largest absolute Gasteiger partial charge is 0.309 e. The van der Waals surface area contributed by atoms with E-state index < -0.39 is 0 Å². The number of rotatable bonds is 9. The van der Waals surface area contributed by atoms with E-state index in [1.807, 2.05) is 12.2 Å². The lowest BCUT2D eigenvalue weighted by atomic mass is 9.96. The summed E-state index contributed by atoms with van der Waals surface area (Å²) in [5, 5.41) is 9.08. The van der Waals surface area contributed by atoms with Crippen LogP contribution in [0.1, 0.15) is 11.1 Å². The van der Waals surface area contributed by atoms with Gasteiger partial charge in [0.25, 0.3) is 0 Å². The van der Waals surface area contributed by atoms with Crippen molar-refractivity contribution in [3.63, 3.8) is 0 Å². The highest BCUT2D eigenvalue weighted by Gasteiger charge is 2.21. The van der Waals surface area contributed by atoms with Crippen LogP contribution in [-0.4, -0.2) is 24.5 Å². The van der Waals surface area contributed by atoms with Crippen LogP contribution in [0.3, 0.4) is 0 Å². The van der Waals surface area contributed by atoms with Crippen molar-refractivity contribution in [1.29, 1.82) is 0 Å². The van der Waals surface area contributed by atoms with Gasteiger partial charge in [0, 0.05) is 49.8 Å². The minimum atomic E-state index is 0.646. The summed E-state index contributed by atoms with van der Waals surface area (Å²) in [5.74, 6) is 1.30. The maximum Gasteiger partial charge on any atom is 0.161 e. The van der Waals surface area contributed by atoms with E-state index in [1.165, 1.54) is 10.8 Å². The predicted octanol–water partition coefficient (Wildman–Crippen LogP) is 17.3. The molecule has 0 atom stereocenters. The van der Waals surface area contributed by atoms with Gasteiger partial charge in [0.1, 0.15) is 0 Å². The van der Waals surface area contributed by atoms with Gasteiger partial charge in [0.05, 0.1) is 33.8 Å². The summed E-state index contributed by atoms with van der Waals surface area (Å²) in [7, 11) is 0. The molecule has 5 nitrogen and oxygen atoms in total. The Balaban J connectivity index is 1.12. The number of hydrogen-bond acceptors (Lipinski definition) is 4. The Hall–Kier alpha value is -9.58. The zero-order valence-corrected chi connectivity index (χ0v) is 39.5. The summed E-state index contributed by atoms with van der Waals surface area (Å²) < 4.78 is 2.38. The van der Waals surface area contributed by atoms with Crippen molar-refractivity contribution in [1.82, 2.24) is 24.5 Å². The van der Waals surface area contributed by atoms with Crippen LogP contribution in [0.4, 0.5) is 0 Å². The third-order valence-electron chi connectivity index (χ3n) is 14.0. The molecule has 0 radical (unpaired) electrons. The maximum absolute atomic E-state index is 5.56. The SMILES string of the molecule is C=C/C=C\c1cccc(-c2cc(-c3cc(-c4cc(-c5cccc6ccccc56)nc(-c5cccc6ccccc56)n4)cc(-n4c5ccccc5c5ccccc54)c3)nc(-c3cccc4ccccc34)n2)c1C. The highest BCUT2D eigenvalue weighted by molar-refractivity contribution is 6.09. The van der Waals surface area contributed by atoms with Crippen LogP contribution in [0.25, 0.3) is 134 Å². The van der Waals surface area contributed by atoms with Crippen LogP contribution >= 0.6 is 0 Å². The van der Waals surface area contributed by atoms with Gasteiger partial charge in [-0.25, -0.2) is 19.9 Å². The lowest BCUT2D eigenvalue weighted by Gasteiger charge is -2.17. The second-order valence-electron chi connectivity index (χ2n) is 18.3. The molecule has 5 heteroatoms. The lowest BCUT2D eigenvalue weighted by molar-refractivity contribution is 1.16.